The van der Waals surface area contributed by atoms with Crippen molar-refractivity contribution < 1.29 is 4.52 Å². The Bertz CT molecular complexity index is 1720. The van der Waals surface area contributed by atoms with Crippen LogP contribution in [0.3, 0.4) is 0 Å². The second kappa shape index (κ2) is 9.36. The molecule has 6 heteroatoms. The second-order valence-electron chi connectivity index (χ2n) is 9.90. The van der Waals surface area contributed by atoms with Crippen molar-refractivity contribution in [1.29, 1.82) is 0 Å². The zero-order chi connectivity index (χ0) is 25.5. The lowest BCUT2D eigenvalue weighted by Crippen LogP contribution is -2.06. The van der Waals surface area contributed by atoms with Gasteiger partial charge < -0.3 is 4.57 Å². The lowest BCUT2D eigenvalue weighted by Gasteiger charge is -2.16. The third-order valence-electron chi connectivity index (χ3n) is 7.43. The number of imidazole rings is 1. The van der Waals surface area contributed by atoms with Crippen LogP contribution in [-0.2, 0) is 25.8 Å². The summed E-state index contributed by atoms with van der Waals surface area (Å²) in [6.07, 6.45) is 3.91. The molecule has 2 heterocycles. The maximum Gasteiger partial charge on any atom is 0.439 e. The highest BCUT2D eigenvalue weighted by atomic mass is 16.5. The molecule has 0 aliphatic heterocycles. The van der Waals surface area contributed by atoms with Gasteiger partial charge in [0.25, 0.3) is 0 Å². The molecule has 0 amide bonds. The smallest absolute Gasteiger partial charge is 0.323 e. The van der Waals surface area contributed by atoms with Crippen molar-refractivity contribution in [2.24, 2.45) is 0 Å². The molecule has 6 nitrogen and oxygen atoms in total. The number of fused-ring (bicyclic) bond motifs is 3. The molecule has 5 aromatic rings. The van der Waals surface area contributed by atoms with E-state index < -0.39 is 5.76 Å². The zero-order valence-electron chi connectivity index (χ0n) is 21.5. The van der Waals surface area contributed by atoms with Crippen molar-refractivity contribution >= 4 is 22.2 Å². The molecule has 1 N–H and O–H groups in total. The Labute approximate surface area is 215 Å². The lowest BCUT2D eigenvalue weighted by atomic mass is 9.89. The highest BCUT2D eigenvalue weighted by molar-refractivity contribution is 5.98. The second-order valence-corrected chi connectivity index (χ2v) is 9.90. The number of nitrogens with one attached hydrogen (secondary N) is 1. The van der Waals surface area contributed by atoms with Crippen molar-refractivity contribution in [3.8, 4) is 0 Å². The first-order valence-corrected chi connectivity index (χ1v) is 13.0. The van der Waals surface area contributed by atoms with Crippen LogP contribution in [0.2, 0.25) is 0 Å². The summed E-state index contributed by atoms with van der Waals surface area (Å²) in [5.41, 5.74) is 11.7. The number of nitrogens with zero attached hydrogens (tertiary/aromatic N) is 3. The molecule has 0 radical (unpaired) electrons. The van der Waals surface area contributed by atoms with E-state index in [4.69, 9.17) is 9.51 Å². The van der Waals surface area contributed by atoms with E-state index >= 15 is 0 Å². The number of aromatic nitrogens is 4. The minimum atomic E-state index is -0.543. The molecule has 0 atom stereocenters. The Morgan fingerprint density at radius 2 is 1.84 bits per heavy atom. The van der Waals surface area contributed by atoms with Crippen LogP contribution in [0.15, 0.2) is 70.0 Å². The molecule has 1 aliphatic rings. The summed E-state index contributed by atoms with van der Waals surface area (Å²) in [6.45, 7) is 7.12. The molecule has 0 bridgehead atoms. The Hall–Kier alpha value is -4.19. The summed E-state index contributed by atoms with van der Waals surface area (Å²) >= 11 is 0. The predicted molar refractivity (Wildman–Crippen MR) is 147 cm³/mol. The summed E-state index contributed by atoms with van der Waals surface area (Å²) in [6, 6.07) is 21.7. The molecule has 0 fully saturated rings. The first-order chi connectivity index (χ1) is 18.0. The van der Waals surface area contributed by atoms with Crippen molar-refractivity contribution in [2.45, 2.75) is 53.0 Å². The number of para-hydroxylation sites is 1. The van der Waals surface area contributed by atoms with Crippen molar-refractivity contribution in [2.75, 3.05) is 0 Å². The molecule has 3 aromatic carbocycles. The van der Waals surface area contributed by atoms with Gasteiger partial charge in [-0.3, -0.25) is 9.51 Å². The number of hydrogen-bond acceptors (Lipinski definition) is 4. The van der Waals surface area contributed by atoms with E-state index in [1.54, 1.807) is 0 Å². The van der Waals surface area contributed by atoms with E-state index in [-0.39, 0.29) is 0 Å². The van der Waals surface area contributed by atoms with Gasteiger partial charge in [0, 0.05) is 18.5 Å². The van der Waals surface area contributed by atoms with Crippen molar-refractivity contribution in [3.05, 3.63) is 116 Å². The van der Waals surface area contributed by atoms with Crippen molar-refractivity contribution in [1.82, 2.24) is 19.7 Å². The fourth-order valence-corrected chi connectivity index (χ4v) is 5.62. The molecule has 0 spiro atoms. The summed E-state index contributed by atoms with van der Waals surface area (Å²) in [5.74, 6) is 1.06. The first kappa shape index (κ1) is 23.2. The number of rotatable bonds is 5. The van der Waals surface area contributed by atoms with E-state index in [0.29, 0.717) is 5.82 Å². The first-order valence-electron chi connectivity index (χ1n) is 13.0. The van der Waals surface area contributed by atoms with Crippen LogP contribution < -0.4 is 5.76 Å². The molecule has 37 heavy (non-hydrogen) atoms. The average Bonchev–Trinajstić information content (AvgIpc) is 3.44. The molecule has 186 valence electrons. The summed E-state index contributed by atoms with van der Waals surface area (Å²) < 4.78 is 7.21. The number of H-pyrrole nitrogens is 1. The number of aromatic amines is 1. The largest absolute Gasteiger partial charge is 0.439 e. The van der Waals surface area contributed by atoms with Gasteiger partial charge in [-0.2, -0.15) is 0 Å². The fourth-order valence-electron chi connectivity index (χ4n) is 5.62. The topological polar surface area (TPSA) is 76.7 Å². The quantitative estimate of drug-likeness (QED) is 0.323. The molecule has 1 aliphatic carbocycles. The molecule has 2 aromatic heterocycles. The van der Waals surface area contributed by atoms with Gasteiger partial charge in [-0.1, -0.05) is 66.7 Å². The Kier molecular flexibility index (Phi) is 5.87. The van der Waals surface area contributed by atoms with Crippen LogP contribution in [0, 0.1) is 6.92 Å². The van der Waals surface area contributed by atoms with Gasteiger partial charge in [0.15, 0.2) is 5.82 Å². The number of aryl methyl sites for hydroxylation is 4. The number of benzene rings is 3. The molecule has 0 saturated carbocycles. The summed E-state index contributed by atoms with van der Waals surface area (Å²) in [4.78, 5) is 19.4. The van der Waals surface area contributed by atoms with E-state index in [2.05, 4.69) is 89.2 Å². The van der Waals surface area contributed by atoms with Gasteiger partial charge in [0.1, 0.15) is 5.82 Å². The van der Waals surface area contributed by atoms with Gasteiger partial charge in [-0.15, -0.1) is 0 Å². The normalized spacial score (nSPS) is 14.4. The Morgan fingerprint density at radius 3 is 2.65 bits per heavy atom. The average molecular weight is 491 g/mol. The van der Waals surface area contributed by atoms with Crippen LogP contribution in [0.4, 0.5) is 0 Å². The number of allylic oxidation sites excluding steroid dienone is 1. The van der Waals surface area contributed by atoms with Gasteiger partial charge in [0.2, 0.25) is 0 Å². The van der Waals surface area contributed by atoms with Gasteiger partial charge in [0.05, 0.1) is 11.0 Å². The Morgan fingerprint density at radius 1 is 1.03 bits per heavy atom. The lowest BCUT2D eigenvalue weighted by molar-refractivity contribution is 0.385. The van der Waals surface area contributed by atoms with Crippen LogP contribution in [-0.4, -0.2) is 19.7 Å². The van der Waals surface area contributed by atoms with E-state index in [0.717, 1.165) is 54.7 Å². The minimum Gasteiger partial charge on any atom is -0.323 e. The summed E-state index contributed by atoms with van der Waals surface area (Å²) in [7, 11) is 0. The predicted octanol–water partition coefficient (Wildman–Crippen LogP) is 6.10. The van der Waals surface area contributed by atoms with Crippen LogP contribution in [0.5, 0.6) is 0 Å². The monoisotopic (exact) mass is 490 g/mol. The standard InChI is InChI=1S/C31H30N4O2/c1-4-8-27-32-29-19(2)9-7-12-26(29)35(27)18-21-13-16-25-23(17-21)15-14-22-10-5-6-11-24(22)28(25)20(3)30-33-31(36)37-34-30/h5-7,9-13,16-17H,4,8,14-15,18H2,1-3H3,(H,33,34,36). The van der Waals surface area contributed by atoms with Crippen LogP contribution >= 0.6 is 0 Å². The maximum absolute atomic E-state index is 11.7. The zero-order valence-corrected chi connectivity index (χ0v) is 21.5. The van der Waals surface area contributed by atoms with Crippen LogP contribution in [0.1, 0.15) is 65.3 Å². The fraction of sp³-hybridized carbons (Fsp3) is 0.258. The third kappa shape index (κ3) is 4.12. The van der Waals surface area contributed by atoms with E-state index in [1.165, 1.54) is 38.9 Å². The van der Waals surface area contributed by atoms with Crippen LogP contribution in [0.25, 0.3) is 22.2 Å². The highest BCUT2D eigenvalue weighted by Crippen LogP contribution is 2.38. The molecular weight excluding hydrogens is 460 g/mol. The van der Waals surface area contributed by atoms with Gasteiger partial charge in [-0.05, 0) is 78.1 Å². The molecule has 0 unspecified atom stereocenters. The highest BCUT2D eigenvalue weighted by Gasteiger charge is 2.22. The van der Waals surface area contributed by atoms with Gasteiger partial charge in [-0.25, -0.2) is 9.78 Å². The molecular formula is C31H30N4O2. The van der Waals surface area contributed by atoms with E-state index in [1.807, 2.05) is 6.92 Å². The van der Waals surface area contributed by atoms with Crippen molar-refractivity contribution in [3.63, 3.8) is 0 Å². The Balaban J connectivity index is 1.48. The third-order valence-corrected chi connectivity index (χ3v) is 7.43. The molecule has 6 rings (SSSR count). The minimum absolute atomic E-state index is 0.469. The number of hydrogen-bond donors (Lipinski definition) is 1. The summed E-state index contributed by atoms with van der Waals surface area (Å²) in [5, 5.41) is 3.99. The van der Waals surface area contributed by atoms with Gasteiger partial charge >= 0.3 is 5.76 Å². The van der Waals surface area contributed by atoms with E-state index in [9.17, 15) is 4.79 Å². The molecule has 0 saturated heterocycles. The SMILES string of the molecule is CCCc1nc2c(C)cccc2n1Cc1ccc2c(c1)CCc1ccccc1C2=C(C)c1noc(=O)[nH]1. The maximum atomic E-state index is 11.7.